The Balaban J connectivity index is 2.55. The molecule has 2 N–H and O–H groups in total. The number of rotatable bonds is 5. The molecule has 0 aliphatic rings. The van der Waals surface area contributed by atoms with E-state index in [-0.39, 0.29) is 16.6 Å². The summed E-state index contributed by atoms with van der Waals surface area (Å²) in [5.41, 5.74) is -0.0606. The van der Waals surface area contributed by atoms with Gasteiger partial charge in [0, 0.05) is 12.0 Å². The van der Waals surface area contributed by atoms with Crippen molar-refractivity contribution in [2.45, 2.75) is 57.4 Å². The Kier molecular flexibility index (Phi) is 5.40. The van der Waals surface area contributed by atoms with E-state index in [0.717, 1.165) is 5.82 Å². The summed E-state index contributed by atoms with van der Waals surface area (Å²) in [7, 11) is 0. The Morgan fingerprint density at radius 1 is 1.37 bits per heavy atom. The Labute approximate surface area is 119 Å². The van der Waals surface area contributed by atoms with E-state index in [9.17, 15) is 4.79 Å². The average molecular weight is 284 g/mol. The van der Waals surface area contributed by atoms with Crippen molar-refractivity contribution in [3.8, 4) is 0 Å². The van der Waals surface area contributed by atoms with Gasteiger partial charge >= 0.3 is 0 Å². The molecule has 0 saturated heterocycles. The smallest absolute Gasteiger partial charge is 0.233 e. The van der Waals surface area contributed by atoms with Crippen LogP contribution in [0.1, 0.15) is 47.4 Å². The molecule has 19 heavy (non-hydrogen) atoms. The minimum absolute atomic E-state index is 0.0285. The Hall–Kier alpha value is -1.04. The molecular formula is C13H24N4OS. The lowest BCUT2D eigenvalue weighted by molar-refractivity contribution is -0.120. The largest absolute Gasteiger partial charge is 0.355 e. The SMILES string of the molecule is CC(C)CNC(=O)C(C)Sc1n[nH]c(C(C)(C)C)n1. The molecule has 1 aromatic heterocycles. The maximum absolute atomic E-state index is 11.9. The van der Waals surface area contributed by atoms with E-state index in [1.807, 2.05) is 6.92 Å². The summed E-state index contributed by atoms with van der Waals surface area (Å²) in [5, 5.41) is 10.4. The number of nitrogens with zero attached hydrogens (tertiary/aromatic N) is 2. The fourth-order valence-electron chi connectivity index (χ4n) is 1.29. The maximum Gasteiger partial charge on any atom is 0.233 e. The van der Waals surface area contributed by atoms with Gasteiger partial charge in [-0.15, -0.1) is 5.10 Å². The molecule has 0 aliphatic heterocycles. The number of carbonyl (C=O) groups excluding carboxylic acids is 1. The Morgan fingerprint density at radius 3 is 2.47 bits per heavy atom. The number of hydrogen-bond acceptors (Lipinski definition) is 4. The first-order valence-corrected chi connectivity index (χ1v) is 7.45. The third kappa shape index (κ3) is 5.22. The van der Waals surface area contributed by atoms with E-state index in [2.05, 4.69) is 55.1 Å². The van der Waals surface area contributed by atoms with Gasteiger partial charge < -0.3 is 5.32 Å². The molecule has 1 atom stereocenters. The third-order valence-corrected chi connectivity index (χ3v) is 3.47. The zero-order valence-corrected chi connectivity index (χ0v) is 13.4. The van der Waals surface area contributed by atoms with Gasteiger partial charge in [-0.1, -0.05) is 46.4 Å². The van der Waals surface area contributed by atoms with Crippen LogP contribution < -0.4 is 5.32 Å². The van der Waals surface area contributed by atoms with E-state index in [1.54, 1.807) is 0 Å². The molecule has 1 amide bonds. The van der Waals surface area contributed by atoms with Crippen molar-refractivity contribution in [1.29, 1.82) is 0 Å². The minimum Gasteiger partial charge on any atom is -0.355 e. The Morgan fingerprint density at radius 2 is 2.00 bits per heavy atom. The number of amides is 1. The second kappa shape index (κ2) is 6.41. The molecule has 6 heteroatoms. The fourth-order valence-corrected chi connectivity index (χ4v) is 2.04. The van der Waals surface area contributed by atoms with Gasteiger partial charge in [-0.2, -0.15) is 0 Å². The van der Waals surface area contributed by atoms with E-state index in [1.165, 1.54) is 11.8 Å². The molecule has 108 valence electrons. The van der Waals surface area contributed by atoms with Crippen molar-refractivity contribution in [3.05, 3.63) is 5.82 Å². The molecule has 1 unspecified atom stereocenters. The predicted octanol–water partition coefficient (Wildman–Crippen LogP) is 2.36. The second-order valence-corrected chi connectivity index (χ2v) is 7.42. The van der Waals surface area contributed by atoms with Gasteiger partial charge in [0.25, 0.3) is 0 Å². The molecule has 1 aromatic rings. The first-order valence-electron chi connectivity index (χ1n) is 6.57. The van der Waals surface area contributed by atoms with Gasteiger partial charge in [0.2, 0.25) is 11.1 Å². The third-order valence-electron chi connectivity index (χ3n) is 2.51. The monoisotopic (exact) mass is 284 g/mol. The summed E-state index contributed by atoms with van der Waals surface area (Å²) in [6.07, 6.45) is 0. The van der Waals surface area contributed by atoms with Crippen LogP contribution in [0.25, 0.3) is 0 Å². The molecular weight excluding hydrogens is 260 g/mol. The van der Waals surface area contributed by atoms with Crippen LogP contribution in [0.3, 0.4) is 0 Å². The normalized spacial score (nSPS) is 13.6. The molecule has 0 saturated carbocycles. The highest BCUT2D eigenvalue weighted by molar-refractivity contribution is 8.00. The van der Waals surface area contributed by atoms with Gasteiger partial charge in [0.1, 0.15) is 5.82 Å². The van der Waals surface area contributed by atoms with Crippen LogP contribution in [0.4, 0.5) is 0 Å². The zero-order chi connectivity index (χ0) is 14.6. The summed E-state index contributed by atoms with van der Waals surface area (Å²) >= 11 is 1.37. The molecule has 5 nitrogen and oxygen atoms in total. The Bertz CT molecular complexity index is 423. The molecule has 0 aromatic carbocycles. The van der Waals surface area contributed by atoms with Crippen LogP contribution in [0.5, 0.6) is 0 Å². The summed E-state index contributed by atoms with van der Waals surface area (Å²) in [5.74, 6) is 1.32. The lowest BCUT2D eigenvalue weighted by Crippen LogP contribution is -2.33. The first-order chi connectivity index (χ1) is 8.70. The lowest BCUT2D eigenvalue weighted by atomic mass is 9.96. The molecule has 0 spiro atoms. The number of hydrogen-bond donors (Lipinski definition) is 2. The van der Waals surface area contributed by atoms with E-state index >= 15 is 0 Å². The van der Waals surface area contributed by atoms with E-state index < -0.39 is 0 Å². The van der Waals surface area contributed by atoms with Crippen LogP contribution in [0, 0.1) is 5.92 Å². The number of aromatic amines is 1. The quantitative estimate of drug-likeness (QED) is 0.814. The second-order valence-electron chi connectivity index (χ2n) is 6.12. The number of H-pyrrole nitrogens is 1. The molecule has 0 fully saturated rings. The number of carbonyl (C=O) groups is 1. The van der Waals surface area contributed by atoms with Gasteiger partial charge in [0.15, 0.2) is 0 Å². The van der Waals surface area contributed by atoms with Crippen molar-refractivity contribution < 1.29 is 4.79 Å². The molecule has 1 rings (SSSR count). The summed E-state index contributed by atoms with van der Waals surface area (Å²) in [6.45, 7) is 12.9. The van der Waals surface area contributed by atoms with Crippen LogP contribution >= 0.6 is 11.8 Å². The van der Waals surface area contributed by atoms with Crippen LogP contribution in [0.2, 0.25) is 0 Å². The summed E-state index contributed by atoms with van der Waals surface area (Å²) in [4.78, 5) is 16.3. The zero-order valence-electron chi connectivity index (χ0n) is 12.6. The number of thioether (sulfide) groups is 1. The summed E-state index contributed by atoms with van der Waals surface area (Å²) in [6, 6.07) is 0. The number of nitrogens with one attached hydrogen (secondary N) is 2. The highest BCUT2D eigenvalue weighted by atomic mass is 32.2. The van der Waals surface area contributed by atoms with Gasteiger partial charge in [0.05, 0.1) is 5.25 Å². The number of aromatic nitrogens is 3. The van der Waals surface area contributed by atoms with Gasteiger partial charge in [-0.3, -0.25) is 9.89 Å². The van der Waals surface area contributed by atoms with Crippen LogP contribution in [0.15, 0.2) is 5.16 Å². The first kappa shape index (κ1) is 16.0. The topological polar surface area (TPSA) is 70.7 Å². The van der Waals surface area contributed by atoms with Crippen molar-refractivity contribution in [2.75, 3.05) is 6.54 Å². The van der Waals surface area contributed by atoms with Crippen LogP contribution in [-0.2, 0) is 10.2 Å². The molecule has 0 radical (unpaired) electrons. The standard InChI is InChI=1S/C13H24N4OS/c1-8(2)7-14-10(18)9(3)19-12-15-11(16-17-12)13(4,5)6/h8-9H,7H2,1-6H3,(H,14,18)(H,15,16,17). The van der Waals surface area contributed by atoms with Gasteiger partial charge in [-0.25, -0.2) is 4.98 Å². The molecule has 0 bridgehead atoms. The van der Waals surface area contributed by atoms with Gasteiger partial charge in [-0.05, 0) is 12.8 Å². The molecule has 1 heterocycles. The van der Waals surface area contributed by atoms with Crippen LogP contribution in [-0.4, -0.2) is 32.9 Å². The van der Waals surface area contributed by atoms with Crippen molar-refractivity contribution in [3.63, 3.8) is 0 Å². The van der Waals surface area contributed by atoms with Crippen molar-refractivity contribution >= 4 is 17.7 Å². The van der Waals surface area contributed by atoms with Crippen molar-refractivity contribution in [1.82, 2.24) is 20.5 Å². The average Bonchev–Trinajstić information content (AvgIpc) is 2.73. The molecule has 0 aliphatic carbocycles. The summed E-state index contributed by atoms with van der Waals surface area (Å²) < 4.78 is 0. The predicted molar refractivity (Wildman–Crippen MR) is 78.2 cm³/mol. The lowest BCUT2D eigenvalue weighted by Gasteiger charge is -2.13. The van der Waals surface area contributed by atoms with Crippen molar-refractivity contribution in [2.24, 2.45) is 5.92 Å². The van der Waals surface area contributed by atoms with E-state index in [4.69, 9.17) is 0 Å². The van der Waals surface area contributed by atoms with E-state index in [0.29, 0.717) is 17.6 Å². The fraction of sp³-hybridized carbons (Fsp3) is 0.769. The maximum atomic E-state index is 11.9. The minimum atomic E-state index is -0.192. The highest BCUT2D eigenvalue weighted by Crippen LogP contribution is 2.23. The highest BCUT2D eigenvalue weighted by Gasteiger charge is 2.21.